The van der Waals surface area contributed by atoms with Crippen LogP contribution in [0.15, 0.2) is 24.3 Å². The second kappa shape index (κ2) is 6.87. The molecule has 1 saturated heterocycles. The molecule has 1 fully saturated rings. The zero-order chi connectivity index (χ0) is 15.4. The number of benzene rings is 1. The Bertz CT molecular complexity index is 475. The lowest BCUT2D eigenvalue weighted by Gasteiger charge is -2.49. The molecule has 1 aliphatic rings. The molecule has 1 aromatic carbocycles. The van der Waals surface area contributed by atoms with Crippen molar-refractivity contribution in [2.75, 3.05) is 32.9 Å². The van der Waals surface area contributed by atoms with Crippen LogP contribution in [-0.2, 0) is 14.3 Å². The van der Waals surface area contributed by atoms with Crippen LogP contribution in [0.5, 0.6) is 5.75 Å². The van der Waals surface area contributed by atoms with Crippen molar-refractivity contribution in [2.45, 2.75) is 18.8 Å². The molecule has 0 N–H and O–H groups in total. The number of ether oxygens (including phenoxy) is 3. The molecule has 1 amide bonds. The zero-order valence-electron chi connectivity index (χ0n) is 12.4. The molecule has 6 heteroatoms. The van der Waals surface area contributed by atoms with Crippen molar-refractivity contribution >= 4 is 11.6 Å². The minimum atomic E-state index is -0.582. The van der Waals surface area contributed by atoms with Crippen LogP contribution in [0.3, 0.4) is 0 Å². The number of rotatable bonds is 7. The number of halogens is 1. The zero-order valence-corrected chi connectivity index (χ0v) is 12.4. The highest BCUT2D eigenvalue weighted by Gasteiger charge is 2.52. The standard InChI is InChI=1S/C15H20FNO4/c1-19-11-6-4-10(5-7-11)17-13(15(20-2)21-3)12(8-9-16)14(17)18/h4-7,12-13,15H,8-9H2,1-3H3/t12-,13+/m1/s1. The van der Waals surface area contributed by atoms with Gasteiger partial charge in [0.25, 0.3) is 0 Å². The van der Waals surface area contributed by atoms with Crippen LogP contribution < -0.4 is 9.64 Å². The molecule has 0 spiro atoms. The van der Waals surface area contributed by atoms with Gasteiger partial charge in [-0.2, -0.15) is 0 Å². The van der Waals surface area contributed by atoms with Crippen LogP contribution in [-0.4, -0.2) is 46.2 Å². The summed E-state index contributed by atoms with van der Waals surface area (Å²) in [6, 6.07) is 6.81. The van der Waals surface area contributed by atoms with E-state index in [9.17, 15) is 9.18 Å². The van der Waals surface area contributed by atoms with E-state index in [1.165, 1.54) is 14.2 Å². The average Bonchev–Trinajstić information content (AvgIpc) is 2.53. The molecular formula is C15H20FNO4. The van der Waals surface area contributed by atoms with Gasteiger partial charge in [-0.05, 0) is 30.7 Å². The average molecular weight is 297 g/mol. The Morgan fingerprint density at radius 3 is 2.29 bits per heavy atom. The van der Waals surface area contributed by atoms with Crippen molar-refractivity contribution in [3.63, 3.8) is 0 Å². The number of hydrogen-bond acceptors (Lipinski definition) is 4. The van der Waals surface area contributed by atoms with Crippen molar-refractivity contribution in [2.24, 2.45) is 5.92 Å². The first-order valence-electron chi connectivity index (χ1n) is 6.76. The molecule has 0 unspecified atom stereocenters. The Kier molecular flexibility index (Phi) is 5.14. The van der Waals surface area contributed by atoms with E-state index < -0.39 is 18.9 Å². The quantitative estimate of drug-likeness (QED) is 0.570. The predicted molar refractivity (Wildman–Crippen MR) is 76.2 cm³/mol. The van der Waals surface area contributed by atoms with E-state index in [0.717, 1.165) is 5.69 Å². The van der Waals surface area contributed by atoms with E-state index in [0.29, 0.717) is 5.75 Å². The summed E-state index contributed by atoms with van der Waals surface area (Å²) in [5, 5.41) is 0. The summed E-state index contributed by atoms with van der Waals surface area (Å²) in [7, 11) is 4.60. The summed E-state index contributed by atoms with van der Waals surface area (Å²) in [6.07, 6.45) is -0.402. The SMILES string of the molecule is COc1ccc(N2C(=O)[C@H](CCF)[C@H]2C(OC)OC)cc1. The van der Waals surface area contributed by atoms with E-state index in [1.807, 2.05) is 0 Å². The van der Waals surface area contributed by atoms with Gasteiger partial charge in [0.2, 0.25) is 5.91 Å². The van der Waals surface area contributed by atoms with E-state index in [-0.39, 0.29) is 18.4 Å². The second-order valence-electron chi connectivity index (χ2n) is 4.82. The molecule has 0 saturated carbocycles. The molecule has 1 aliphatic heterocycles. The molecule has 2 rings (SSSR count). The van der Waals surface area contributed by atoms with Gasteiger partial charge in [-0.1, -0.05) is 0 Å². The number of alkyl halides is 1. The molecule has 1 aromatic rings. The summed E-state index contributed by atoms with van der Waals surface area (Å²) >= 11 is 0. The maximum absolute atomic E-state index is 12.6. The molecule has 0 aromatic heterocycles. The van der Waals surface area contributed by atoms with Crippen LogP contribution in [0.4, 0.5) is 10.1 Å². The Balaban J connectivity index is 2.24. The summed E-state index contributed by atoms with van der Waals surface area (Å²) in [5.74, 6) is 0.183. The van der Waals surface area contributed by atoms with Crippen molar-refractivity contribution in [1.82, 2.24) is 0 Å². The van der Waals surface area contributed by atoms with Crippen molar-refractivity contribution in [3.05, 3.63) is 24.3 Å². The molecule has 1 heterocycles. The van der Waals surface area contributed by atoms with Crippen molar-refractivity contribution < 1.29 is 23.4 Å². The molecule has 0 aliphatic carbocycles. The molecule has 116 valence electrons. The summed E-state index contributed by atoms with van der Waals surface area (Å²) in [5.41, 5.74) is 0.722. The van der Waals surface area contributed by atoms with E-state index in [1.54, 1.807) is 36.3 Å². The van der Waals surface area contributed by atoms with Crippen molar-refractivity contribution in [3.8, 4) is 5.75 Å². The van der Waals surface area contributed by atoms with Gasteiger partial charge in [-0.3, -0.25) is 9.18 Å². The normalized spacial score (nSPS) is 21.6. The smallest absolute Gasteiger partial charge is 0.232 e. The summed E-state index contributed by atoms with van der Waals surface area (Å²) in [6.45, 7) is -0.538. The minimum Gasteiger partial charge on any atom is -0.497 e. The molecule has 0 radical (unpaired) electrons. The lowest BCUT2D eigenvalue weighted by molar-refractivity contribution is -0.160. The van der Waals surface area contributed by atoms with Gasteiger partial charge in [-0.15, -0.1) is 0 Å². The number of amides is 1. The fourth-order valence-electron chi connectivity index (χ4n) is 2.71. The van der Waals surface area contributed by atoms with Gasteiger partial charge in [0.05, 0.1) is 25.7 Å². The summed E-state index contributed by atoms with van der Waals surface area (Å²) < 4.78 is 28.3. The first-order valence-corrected chi connectivity index (χ1v) is 6.76. The number of β-lactam (4-membered cyclic amide) rings is 1. The topological polar surface area (TPSA) is 48.0 Å². The molecule has 2 atom stereocenters. The van der Waals surface area contributed by atoms with Gasteiger partial charge < -0.3 is 19.1 Å². The van der Waals surface area contributed by atoms with Gasteiger partial charge in [-0.25, -0.2) is 0 Å². The van der Waals surface area contributed by atoms with Crippen LogP contribution >= 0.6 is 0 Å². The van der Waals surface area contributed by atoms with Crippen LogP contribution in [0.25, 0.3) is 0 Å². The Morgan fingerprint density at radius 2 is 1.81 bits per heavy atom. The van der Waals surface area contributed by atoms with Crippen molar-refractivity contribution in [1.29, 1.82) is 0 Å². The summed E-state index contributed by atoms with van der Waals surface area (Å²) in [4.78, 5) is 13.9. The van der Waals surface area contributed by atoms with E-state index >= 15 is 0 Å². The first kappa shape index (κ1) is 15.7. The minimum absolute atomic E-state index is 0.109. The highest BCUT2D eigenvalue weighted by molar-refractivity contribution is 6.03. The largest absolute Gasteiger partial charge is 0.497 e. The molecule has 21 heavy (non-hydrogen) atoms. The maximum atomic E-state index is 12.6. The Labute approximate surface area is 123 Å². The second-order valence-corrected chi connectivity index (χ2v) is 4.82. The third-order valence-corrected chi connectivity index (χ3v) is 3.78. The number of nitrogens with zero attached hydrogens (tertiary/aromatic N) is 1. The highest BCUT2D eigenvalue weighted by Crippen LogP contribution is 2.38. The predicted octanol–water partition coefficient (Wildman–Crippen LogP) is 2.01. The Hall–Kier alpha value is -1.66. The Morgan fingerprint density at radius 1 is 1.19 bits per heavy atom. The number of anilines is 1. The lowest BCUT2D eigenvalue weighted by Crippen LogP contribution is -2.66. The van der Waals surface area contributed by atoms with Crippen LogP contribution in [0.1, 0.15) is 6.42 Å². The highest BCUT2D eigenvalue weighted by atomic mass is 19.1. The van der Waals surface area contributed by atoms with Gasteiger partial charge in [0.1, 0.15) is 5.75 Å². The maximum Gasteiger partial charge on any atom is 0.232 e. The lowest BCUT2D eigenvalue weighted by atomic mass is 9.83. The van der Waals surface area contributed by atoms with E-state index in [2.05, 4.69) is 0 Å². The van der Waals surface area contributed by atoms with Gasteiger partial charge in [0.15, 0.2) is 6.29 Å². The fourth-order valence-corrected chi connectivity index (χ4v) is 2.71. The number of methoxy groups -OCH3 is 3. The molecular weight excluding hydrogens is 277 g/mol. The van der Waals surface area contributed by atoms with Crippen LogP contribution in [0, 0.1) is 5.92 Å². The van der Waals surface area contributed by atoms with Gasteiger partial charge in [0, 0.05) is 19.9 Å². The van der Waals surface area contributed by atoms with Crippen LogP contribution in [0.2, 0.25) is 0 Å². The molecule has 0 bridgehead atoms. The fraction of sp³-hybridized carbons (Fsp3) is 0.533. The molecule has 5 nitrogen and oxygen atoms in total. The monoisotopic (exact) mass is 297 g/mol. The van der Waals surface area contributed by atoms with E-state index in [4.69, 9.17) is 14.2 Å². The number of carbonyl (C=O) groups excluding carboxylic acids is 1. The number of carbonyl (C=O) groups is 1. The van der Waals surface area contributed by atoms with Gasteiger partial charge >= 0.3 is 0 Å². The number of hydrogen-bond donors (Lipinski definition) is 0. The third-order valence-electron chi connectivity index (χ3n) is 3.78. The third kappa shape index (κ3) is 2.87. The first-order chi connectivity index (χ1) is 10.2.